The van der Waals surface area contributed by atoms with Crippen LogP contribution in [0.25, 0.3) is 0 Å². The van der Waals surface area contributed by atoms with Crippen molar-refractivity contribution in [3.63, 3.8) is 0 Å². The molecule has 0 bridgehead atoms. The summed E-state index contributed by atoms with van der Waals surface area (Å²) in [5.74, 6) is -0.0715. The van der Waals surface area contributed by atoms with Gasteiger partial charge in [0.15, 0.2) is 0 Å². The van der Waals surface area contributed by atoms with Gasteiger partial charge in [-0.1, -0.05) is 11.6 Å². The average Bonchev–Trinajstić information content (AvgIpc) is 2.24. The van der Waals surface area contributed by atoms with Crippen LogP contribution in [-0.2, 0) is 11.3 Å². The maximum absolute atomic E-state index is 10.3. The Kier molecular flexibility index (Phi) is 5.08. The van der Waals surface area contributed by atoms with Crippen molar-refractivity contribution in [3.05, 3.63) is 28.8 Å². The van der Waals surface area contributed by atoms with Gasteiger partial charge in [-0.15, -0.1) is 0 Å². The topological polar surface area (TPSA) is 58.6 Å². The molecule has 0 aliphatic heterocycles. The van der Waals surface area contributed by atoms with E-state index in [4.69, 9.17) is 21.4 Å². The summed E-state index contributed by atoms with van der Waals surface area (Å²) in [6.07, 6.45) is 0.100. The lowest BCUT2D eigenvalue weighted by atomic mass is 10.2. The number of carboxylic acids is 1. The molecule has 2 N–H and O–H groups in total. The van der Waals surface area contributed by atoms with Crippen molar-refractivity contribution in [1.82, 2.24) is 5.32 Å². The van der Waals surface area contributed by atoms with Crippen molar-refractivity contribution in [3.8, 4) is 5.75 Å². The van der Waals surface area contributed by atoms with Crippen molar-refractivity contribution < 1.29 is 14.6 Å². The van der Waals surface area contributed by atoms with Crippen molar-refractivity contribution in [2.45, 2.75) is 13.0 Å². The van der Waals surface area contributed by atoms with Gasteiger partial charge in [0.2, 0.25) is 0 Å². The van der Waals surface area contributed by atoms with Crippen LogP contribution in [0.3, 0.4) is 0 Å². The zero-order valence-corrected chi connectivity index (χ0v) is 9.75. The lowest BCUT2D eigenvalue weighted by Crippen LogP contribution is -2.18. The second kappa shape index (κ2) is 6.35. The quantitative estimate of drug-likeness (QED) is 0.750. The zero-order valence-electron chi connectivity index (χ0n) is 9.00. The largest absolute Gasteiger partial charge is 0.496 e. The molecule has 0 saturated carbocycles. The standard InChI is InChI=1S/C11H14ClNO3/c1-16-10-3-2-9(12)6-8(10)7-13-5-4-11(14)15/h2-3,6,13H,4-5,7H2,1H3,(H,14,15). The summed E-state index contributed by atoms with van der Waals surface area (Å²) in [4.78, 5) is 10.3. The van der Waals surface area contributed by atoms with Gasteiger partial charge in [0.1, 0.15) is 5.75 Å². The molecule has 0 aromatic heterocycles. The Balaban J connectivity index is 2.51. The third kappa shape index (κ3) is 4.08. The maximum Gasteiger partial charge on any atom is 0.304 e. The number of rotatable bonds is 6. The number of aliphatic carboxylic acids is 1. The van der Waals surface area contributed by atoms with Crippen molar-refractivity contribution >= 4 is 17.6 Å². The van der Waals surface area contributed by atoms with Gasteiger partial charge in [-0.3, -0.25) is 4.79 Å². The summed E-state index contributed by atoms with van der Waals surface area (Å²) in [6, 6.07) is 5.34. The van der Waals surface area contributed by atoms with Gasteiger partial charge in [0, 0.05) is 23.7 Å². The van der Waals surface area contributed by atoms with Crippen LogP contribution in [0.5, 0.6) is 5.75 Å². The predicted molar refractivity (Wildman–Crippen MR) is 62.0 cm³/mol. The lowest BCUT2D eigenvalue weighted by Gasteiger charge is -2.09. The summed E-state index contributed by atoms with van der Waals surface area (Å²) in [5.41, 5.74) is 0.917. The Labute approximate surface area is 99.2 Å². The first kappa shape index (κ1) is 12.8. The lowest BCUT2D eigenvalue weighted by molar-refractivity contribution is -0.136. The van der Waals surface area contributed by atoms with Crippen LogP contribution in [0, 0.1) is 0 Å². The van der Waals surface area contributed by atoms with Gasteiger partial charge >= 0.3 is 5.97 Å². The number of methoxy groups -OCH3 is 1. The molecule has 0 unspecified atom stereocenters. The SMILES string of the molecule is COc1ccc(Cl)cc1CNCCC(=O)O. The van der Waals surface area contributed by atoms with Gasteiger partial charge in [-0.2, -0.15) is 0 Å². The fourth-order valence-electron chi connectivity index (χ4n) is 1.30. The molecule has 0 saturated heterocycles. The molecule has 1 aromatic rings. The molecule has 0 atom stereocenters. The van der Waals surface area contributed by atoms with E-state index in [0.29, 0.717) is 18.1 Å². The van der Waals surface area contributed by atoms with Crippen molar-refractivity contribution in [2.24, 2.45) is 0 Å². The van der Waals surface area contributed by atoms with Crippen molar-refractivity contribution in [2.75, 3.05) is 13.7 Å². The van der Waals surface area contributed by atoms with E-state index < -0.39 is 5.97 Å². The molecule has 5 heteroatoms. The van der Waals surface area contributed by atoms with Crippen LogP contribution in [0.1, 0.15) is 12.0 Å². The molecule has 1 rings (SSSR count). The van der Waals surface area contributed by atoms with Gasteiger partial charge in [-0.25, -0.2) is 0 Å². The molecular formula is C11H14ClNO3. The monoisotopic (exact) mass is 243 g/mol. The third-order valence-electron chi connectivity index (χ3n) is 2.07. The van der Waals surface area contributed by atoms with E-state index in [9.17, 15) is 4.79 Å². The number of carbonyl (C=O) groups is 1. The highest BCUT2D eigenvalue weighted by atomic mass is 35.5. The van der Waals surface area contributed by atoms with Gasteiger partial charge in [0.05, 0.1) is 13.5 Å². The smallest absolute Gasteiger partial charge is 0.304 e. The molecule has 4 nitrogen and oxygen atoms in total. The molecule has 0 amide bonds. The fraction of sp³-hybridized carbons (Fsp3) is 0.364. The fourth-order valence-corrected chi connectivity index (χ4v) is 1.50. The molecule has 0 aliphatic carbocycles. The molecule has 16 heavy (non-hydrogen) atoms. The summed E-state index contributed by atoms with van der Waals surface area (Å²) in [7, 11) is 1.59. The molecule has 88 valence electrons. The van der Waals surface area contributed by atoms with Crippen molar-refractivity contribution in [1.29, 1.82) is 0 Å². The van der Waals surface area contributed by atoms with Gasteiger partial charge in [0.25, 0.3) is 0 Å². The zero-order chi connectivity index (χ0) is 12.0. The van der Waals surface area contributed by atoms with Crippen LogP contribution < -0.4 is 10.1 Å². The molecule has 0 heterocycles. The third-order valence-corrected chi connectivity index (χ3v) is 2.31. The van der Waals surface area contributed by atoms with Crippen LogP contribution in [-0.4, -0.2) is 24.7 Å². The molecule has 0 radical (unpaired) electrons. The summed E-state index contributed by atoms with van der Waals surface area (Å²) >= 11 is 5.86. The van der Waals surface area contributed by atoms with Crippen LogP contribution in [0.15, 0.2) is 18.2 Å². The van der Waals surface area contributed by atoms with Crippen LogP contribution >= 0.6 is 11.6 Å². The molecule has 1 aromatic carbocycles. The number of hydrogen-bond donors (Lipinski definition) is 2. The van der Waals surface area contributed by atoms with E-state index in [1.165, 1.54) is 0 Å². The summed E-state index contributed by atoms with van der Waals surface area (Å²) in [5, 5.41) is 12.1. The Morgan fingerprint density at radius 2 is 2.31 bits per heavy atom. The average molecular weight is 244 g/mol. The van der Waals surface area contributed by atoms with Gasteiger partial charge in [-0.05, 0) is 18.2 Å². The van der Waals surface area contributed by atoms with E-state index in [2.05, 4.69) is 5.32 Å². The number of nitrogens with one attached hydrogen (secondary N) is 1. The highest BCUT2D eigenvalue weighted by Gasteiger charge is 2.03. The number of carboxylic acid groups (broad SMARTS) is 1. The summed E-state index contributed by atoms with van der Waals surface area (Å²) in [6.45, 7) is 0.960. The minimum Gasteiger partial charge on any atom is -0.496 e. The first-order valence-electron chi connectivity index (χ1n) is 4.88. The Morgan fingerprint density at radius 3 is 2.94 bits per heavy atom. The second-order valence-corrected chi connectivity index (χ2v) is 3.71. The maximum atomic E-state index is 10.3. The predicted octanol–water partition coefficient (Wildman–Crippen LogP) is 1.91. The van der Waals surface area contributed by atoms with E-state index in [-0.39, 0.29) is 6.42 Å². The minimum absolute atomic E-state index is 0.100. The van der Waals surface area contributed by atoms with E-state index in [1.807, 2.05) is 0 Å². The first-order chi connectivity index (χ1) is 7.63. The first-order valence-corrected chi connectivity index (χ1v) is 5.26. The van der Waals surface area contributed by atoms with Crippen LogP contribution in [0.2, 0.25) is 5.02 Å². The van der Waals surface area contributed by atoms with E-state index in [1.54, 1.807) is 25.3 Å². The summed E-state index contributed by atoms with van der Waals surface area (Å²) < 4.78 is 5.16. The molecular weight excluding hydrogens is 230 g/mol. The number of ether oxygens (including phenoxy) is 1. The normalized spacial score (nSPS) is 10.1. The highest BCUT2D eigenvalue weighted by molar-refractivity contribution is 6.30. The number of benzene rings is 1. The molecule has 0 aliphatic rings. The highest BCUT2D eigenvalue weighted by Crippen LogP contribution is 2.22. The van der Waals surface area contributed by atoms with E-state index >= 15 is 0 Å². The number of hydrogen-bond acceptors (Lipinski definition) is 3. The van der Waals surface area contributed by atoms with Gasteiger partial charge < -0.3 is 15.2 Å². The Bertz CT molecular complexity index is 368. The Hall–Kier alpha value is -1.26. The molecule has 0 fully saturated rings. The van der Waals surface area contributed by atoms with Crippen LogP contribution in [0.4, 0.5) is 0 Å². The van der Waals surface area contributed by atoms with E-state index in [0.717, 1.165) is 11.3 Å². The molecule has 0 spiro atoms. The minimum atomic E-state index is -0.814. The second-order valence-electron chi connectivity index (χ2n) is 3.28. The number of halogens is 1. The Morgan fingerprint density at radius 1 is 1.56 bits per heavy atom.